The zero-order valence-electron chi connectivity index (χ0n) is 12.3. The third-order valence-corrected chi connectivity index (χ3v) is 5.16. The first kappa shape index (κ1) is 15.2. The summed E-state index contributed by atoms with van der Waals surface area (Å²) in [6, 6.07) is 5.69. The van der Waals surface area contributed by atoms with Gasteiger partial charge in [0, 0.05) is 24.5 Å². The van der Waals surface area contributed by atoms with Gasteiger partial charge >= 0.3 is 5.97 Å². The van der Waals surface area contributed by atoms with Crippen molar-refractivity contribution < 1.29 is 19.4 Å². The third kappa shape index (κ3) is 3.38. The van der Waals surface area contributed by atoms with Gasteiger partial charge in [0.15, 0.2) is 0 Å². The number of thioether (sulfide) groups is 1. The van der Waals surface area contributed by atoms with Crippen molar-refractivity contribution in [2.75, 3.05) is 24.7 Å². The van der Waals surface area contributed by atoms with E-state index in [-0.39, 0.29) is 18.4 Å². The predicted octanol–water partition coefficient (Wildman–Crippen LogP) is 1.58. The Morgan fingerprint density at radius 2 is 2.27 bits per heavy atom. The molecule has 1 N–H and O–H groups in total. The number of hydrogen-bond donors (Lipinski definition) is 1. The molecule has 1 atom stereocenters. The van der Waals surface area contributed by atoms with Gasteiger partial charge in [0.2, 0.25) is 5.91 Å². The molecule has 0 bridgehead atoms. The van der Waals surface area contributed by atoms with Crippen molar-refractivity contribution in [3.63, 3.8) is 0 Å². The Labute approximate surface area is 133 Å². The van der Waals surface area contributed by atoms with Crippen molar-refractivity contribution in [1.82, 2.24) is 4.90 Å². The van der Waals surface area contributed by atoms with Gasteiger partial charge in [-0.3, -0.25) is 9.59 Å². The molecule has 0 saturated carbocycles. The molecule has 6 heteroatoms. The molecule has 5 nitrogen and oxygen atoms in total. The number of rotatable bonds is 4. The predicted molar refractivity (Wildman–Crippen MR) is 84.4 cm³/mol. The van der Waals surface area contributed by atoms with E-state index < -0.39 is 5.97 Å². The Morgan fingerprint density at radius 3 is 3.09 bits per heavy atom. The number of carbonyl (C=O) groups is 2. The molecule has 3 rings (SSSR count). The summed E-state index contributed by atoms with van der Waals surface area (Å²) in [5, 5.41) is 9.00. The smallest absolute Gasteiger partial charge is 0.305 e. The number of carboxylic acids is 1. The van der Waals surface area contributed by atoms with E-state index in [0.29, 0.717) is 25.3 Å². The van der Waals surface area contributed by atoms with Crippen LogP contribution in [0.5, 0.6) is 5.75 Å². The molecular weight excluding hydrogens is 302 g/mol. The lowest BCUT2D eigenvalue weighted by Crippen LogP contribution is -2.47. The molecule has 2 aliphatic rings. The van der Waals surface area contributed by atoms with Gasteiger partial charge in [0.05, 0.1) is 25.5 Å². The van der Waals surface area contributed by atoms with Gasteiger partial charge in [-0.2, -0.15) is 11.8 Å². The first-order valence-electron chi connectivity index (χ1n) is 7.47. The summed E-state index contributed by atoms with van der Waals surface area (Å²) in [5.74, 6) is 1.66. The van der Waals surface area contributed by atoms with Crippen LogP contribution in [0, 0.1) is 0 Å². The second kappa shape index (κ2) is 6.60. The molecule has 0 radical (unpaired) electrons. The average molecular weight is 321 g/mol. The second-order valence-electron chi connectivity index (χ2n) is 5.63. The molecule has 1 fully saturated rings. The minimum atomic E-state index is -0.847. The van der Waals surface area contributed by atoms with E-state index in [0.717, 1.165) is 29.1 Å². The van der Waals surface area contributed by atoms with E-state index in [1.54, 1.807) is 16.7 Å². The van der Waals surface area contributed by atoms with Crippen LogP contribution in [-0.4, -0.2) is 52.6 Å². The van der Waals surface area contributed by atoms with Crippen LogP contribution in [-0.2, 0) is 22.4 Å². The van der Waals surface area contributed by atoms with Crippen molar-refractivity contribution in [2.45, 2.75) is 25.3 Å². The number of aliphatic carboxylic acids is 1. The van der Waals surface area contributed by atoms with Gasteiger partial charge < -0.3 is 14.7 Å². The van der Waals surface area contributed by atoms with Crippen LogP contribution in [0.4, 0.5) is 0 Å². The van der Waals surface area contributed by atoms with Gasteiger partial charge in [0.1, 0.15) is 5.75 Å². The number of amides is 1. The molecule has 1 aromatic carbocycles. The first-order chi connectivity index (χ1) is 10.6. The lowest BCUT2D eigenvalue weighted by atomic mass is 10.0. The summed E-state index contributed by atoms with van der Waals surface area (Å²) in [7, 11) is 0. The maximum Gasteiger partial charge on any atom is 0.305 e. The van der Waals surface area contributed by atoms with E-state index in [9.17, 15) is 9.59 Å². The molecule has 1 unspecified atom stereocenters. The molecular formula is C16H19NO4S. The lowest BCUT2D eigenvalue weighted by molar-refractivity contribution is -0.140. The fourth-order valence-corrected chi connectivity index (χ4v) is 4.04. The number of benzene rings is 1. The second-order valence-corrected chi connectivity index (χ2v) is 6.78. The molecule has 1 aromatic rings. The molecule has 118 valence electrons. The normalized spacial score (nSPS) is 20.4. The number of nitrogens with zero attached hydrogens (tertiary/aromatic N) is 1. The fourth-order valence-electron chi connectivity index (χ4n) is 2.98. The standard InChI is InChI=1S/C16H19NO4S/c18-15(17-4-6-22-10-13(17)9-16(19)20)8-11-1-2-14-12(7-11)3-5-21-14/h1-2,7,13H,3-6,8-10H2,(H,19,20). The maximum absolute atomic E-state index is 12.6. The van der Waals surface area contributed by atoms with Crippen molar-refractivity contribution in [1.29, 1.82) is 0 Å². The minimum absolute atomic E-state index is 0.0189. The minimum Gasteiger partial charge on any atom is -0.493 e. The monoisotopic (exact) mass is 321 g/mol. The van der Waals surface area contributed by atoms with Crippen LogP contribution in [0.15, 0.2) is 18.2 Å². The zero-order chi connectivity index (χ0) is 15.5. The van der Waals surface area contributed by atoms with Gasteiger partial charge in [-0.1, -0.05) is 12.1 Å². The highest BCUT2D eigenvalue weighted by atomic mass is 32.2. The van der Waals surface area contributed by atoms with Crippen molar-refractivity contribution >= 4 is 23.6 Å². The summed E-state index contributed by atoms with van der Waals surface area (Å²) in [5.41, 5.74) is 2.13. The Morgan fingerprint density at radius 1 is 1.41 bits per heavy atom. The molecule has 22 heavy (non-hydrogen) atoms. The molecule has 2 heterocycles. The molecule has 0 aromatic heterocycles. The molecule has 2 aliphatic heterocycles. The van der Waals surface area contributed by atoms with Crippen LogP contribution in [0.3, 0.4) is 0 Å². The first-order valence-corrected chi connectivity index (χ1v) is 8.62. The molecule has 1 amide bonds. The van der Waals surface area contributed by atoms with Crippen LogP contribution >= 0.6 is 11.8 Å². The van der Waals surface area contributed by atoms with Crippen LogP contribution in [0.25, 0.3) is 0 Å². The summed E-state index contributed by atoms with van der Waals surface area (Å²) in [6.07, 6.45) is 1.24. The largest absolute Gasteiger partial charge is 0.493 e. The number of carboxylic acid groups (broad SMARTS) is 1. The molecule has 0 aliphatic carbocycles. The Balaban J connectivity index is 1.68. The van der Waals surface area contributed by atoms with Crippen LogP contribution < -0.4 is 4.74 Å². The molecule has 1 saturated heterocycles. The van der Waals surface area contributed by atoms with Crippen molar-refractivity contribution in [2.24, 2.45) is 0 Å². The number of fused-ring (bicyclic) bond motifs is 1. The summed E-state index contributed by atoms with van der Waals surface area (Å²) in [4.78, 5) is 25.3. The number of ether oxygens (including phenoxy) is 1. The Hall–Kier alpha value is -1.69. The van der Waals surface area contributed by atoms with Gasteiger partial charge in [-0.25, -0.2) is 0 Å². The SMILES string of the molecule is O=C(O)CC1CSCCN1C(=O)Cc1ccc2c(c1)CCO2. The quantitative estimate of drug-likeness (QED) is 0.912. The highest BCUT2D eigenvalue weighted by molar-refractivity contribution is 7.99. The highest BCUT2D eigenvalue weighted by Crippen LogP contribution is 2.27. The lowest BCUT2D eigenvalue weighted by Gasteiger charge is -2.34. The summed E-state index contributed by atoms with van der Waals surface area (Å²) < 4.78 is 5.47. The maximum atomic E-state index is 12.6. The van der Waals surface area contributed by atoms with Gasteiger partial charge in [-0.15, -0.1) is 0 Å². The number of carbonyl (C=O) groups excluding carboxylic acids is 1. The molecule has 0 spiro atoms. The van der Waals surface area contributed by atoms with E-state index in [1.165, 1.54) is 0 Å². The van der Waals surface area contributed by atoms with Gasteiger partial charge in [-0.05, 0) is 17.2 Å². The Kier molecular flexibility index (Phi) is 4.57. The zero-order valence-corrected chi connectivity index (χ0v) is 13.1. The van der Waals surface area contributed by atoms with E-state index in [4.69, 9.17) is 9.84 Å². The topological polar surface area (TPSA) is 66.8 Å². The fraction of sp³-hybridized carbons (Fsp3) is 0.500. The van der Waals surface area contributed by atoms with Crippen molar-refractivity contribution in [3.05, 3.63) is 29.3 Å². The Bertz CT molecular complexity index is 590. The third-order valence-electron chi connectivity index (χ3n) is 4.07. The summed E-state index contributed by atoms with van der Waals surface area (Å²) >= 11 is 1.71. The highest BCUT2D eigenvalue weighted by Gasteiger charge is 2.28. The average Bonchev–Trinajstić information content (AvgIpc) is 2.94. The summed E-state index contributed by atoms with van der Waals surface area (Å²) in [6.45, 7) is 1.34. The number of hydrogen-bond acceptors (Lipinski definition) is 4. The van der Waals surface area contributed by atoms with E-state index in [1.807, 2.05) is 18.2 Å². The van der Waals surface area contributed by atoms with Crippen LogP contribution in [0.1, 0.15) is 17.5 Å². The van der Waals surface area contributed by atoms with Gasteiger partial charge in [0.25, 0.3) is 0 Å². The van der Waals surface area contributed by atoms with E-state index >= 15 is 0 Å². The van der Waals surface area contributed by atoms with E-state index in [2.05, 4.69) is 0 Å². The van der Waals surface area contributed by atoms with Crippen LogP contribution in [0.2, 0.25) is 0 Å². The van der Waals surface area contributed by atoms with Crippen molar-refractivity contribution in [3.8, 4) is 5.75 Å².